The largest absolute Gasteiger partial charge is 0.493 e. The van der Waals surface area contributed by atoms with Gasteiger partial charge >= 0.3 is 0 Å². The van der Waals surface area contributed by atoms with Crippen molar-refractivity contribution in [2.45, 2.75) is 44.1 Å². The van der Waals surface area contributed by atoms with Crippen LogP contribution in [0.2, 0.25) is 0 Å². The van der Waals surface area contributed by atoms with E-state index in [0.717, 1.165) is 12.5 Å². The molecule has 1 aromatic carbocycles. The molecule has 0 aliphatic carbocycles. The highest BCUT2D eigenvalue weighted by Crippen LogP contribution is 2.42. The molecule has 0 radical (unpaired) electrons. The minimum Gasteiger partial charge on any atom is -0.493 e. The quantitative estimate of drug-likeness (QED) is 0.902. The zero-order chi connectivity index (χ0) is 14.9. The number of ether oxygens (including phenoxy) is 1. The van der Waals surface area contributed by atoms with E-state index in [1.54, 1.807) is 12.1 Å². The first-order valence-electron chi connectivity index (χ1n) is 6.69. The Balaban J connectivity index is 2.43. The number of alkyl halides is 3. The van der Waals surface area contributed by atoms with Crippen molar-refractivity contribution >= 4 is 0 Å². The third-order valence-electron chi connectivity index (χ3n) is 3.99. The van der Waals surface area contributed by atoms with Gasteiger partial charge in [0.1, 0.15) is 30.9 Å². The van der Waals surface area contributed by atoms with Crippen molar-refractivity contribution < 1.29 is 23.0 Å². The molecule has 20 heavy (non-hydrogen) atoms. The highest BCUT2D eigenvalue weighted by atomic mass is 19.2. The van der Waals surface area contributed by atoms with Gasteiger partial charge in [0.05, 0.1) is 12.0 Å². The minimum absolute atomic E-state index is 0.349. The maximum absolute atomic E-state index is 14.5. The molecule has 0 saturated carbocycles. The number of benzene rings is 1. The standard InChI is InChI=1S/C15H19F3O2/c1-9(17)12(19)14(18)15(2,8-16)11-5-3-4-10-6-7-20-13(10)11/h3-5,9,12,14,19H,6-8H2,1-2H3. The third-order valence-corrected chi connectivity index (χ3v) is 3.99. The molecule has 4 unspecified atom stereocenters. The van der Waals surface area contributed by atoms with Crippen molar-refractivity contribution in [1.29, 1.82) is 0 Å². The molecular weight excluding hydrogens is 269 g/mol. The minimum atomic E-state index is -2.05. The molecule has 0 bridgehead atoms. The molecule has 2 rings (SSSR count). The van der Waals surface area contributed by atoms with E-state index in [1.807, 2.05) is 6.07 Å². The summed E-state index contributed by atoms with van der Waals surface area (Å²) in [4.78, 5) is 0. The van der Waals surface area contributed by atoms with Gasteiger partial charge < -0.3 is 9.84 Å². The summed E-state index contributed by atoms with van der Waals surface area (Å²) < 4.78 is 46.6. The summed E-state index contributed by atoms with van der Waals surface area (Å²) in [6, 6.07) is 5.12. The SMILES string of the molecule is CC(F)C(O)C(F)C(C)(CF)c1cccc2c1OCC2. The Morgan fingerprint density at radius 1 is 1.40 bits per heavy atom. The molecule has 0 saturated heterocycles. The van der Waals surface area contributed by atoms with Crippen LogP contribution in [0.1, 0.15) is 25.0 Å². The normalized spacial score (nSPS) is 21.5. The number of para-hydroxylation sites is 1. The average molecular weight is 288 g/mol. The smallest absolute Gasteiger partial charge is 0.141 e. The van der Waals surface area contributed by atoms with Crippen molar-refractivity contribution in [1.82, 2.24) is 0 Å². The maximum Gasteiger partial charge on any atom is 0.141 e. The number of fused-ring (bicyclic) bond motifs is 1. The van der Waals surface area contributed by atoms with Crippen LogP contribution in [0.3, 0.4) is 0 Å². The molecule has 1 aromatic rings. The first-order chi connectivity index (χ1) is 9.41. The van der Waals surface area contributed by atoms with E-state index in [0.29, 0.717) is 24.3 Å². The molecule has 5 heteroatoms. The van der Waals surface area contributed by atoms with Gasteiger partial charge in [0.15, 0.2) is 0 Å². The molecule has 1 heterocycles. The van der Waals surface area contributed by atoms with Gasteiger partial charge in [0.2, 0.25) is 0 Å². The second-order valence-corrected chi connectivity index (χ2v) is 5.51. The van der Waals surface area contributed by atoms with E-state index in [4.69, 9.17) is 4.74 Å². The summed E-state index contributed by atoms with van der Waals surface area (Å²) in [6.45, 7) is 1.83. The van der Waals surface area contributed by atoms with Crippen LogP contribution >= 0.6 is 0 Å². The van der Waals surface area contributed by atoms with Crippen LogP contribution in [0.5, 0.6) is 5.75 Å². The molecule has 0 amide bonds. The van der Waals surface area contributed by atoms with Crippen molar-refractivity contribution in [3.8, 4) is 5.75 Å². The summed E-state index contributed by atoms with van der Waals surface area (Å²) in [5, 5.41) is 9.61. The lowest BCUT2D eigenvalue weighted by Crippen LogP contribution is -2.46. The summed E-state index contributed by atoms with van der Waals surface area (Å²) in [5.41, 5.74) is -0.394. The van der Waals surface area contributed by atoms with Gasteiger partial charge in [-0.3, -0.25) is 4.39 Å². The molecular formula is C15H19F3O2. The Morgan fingerprint density at radius 3 is 2.70 bits per heavy atom. The monoisotopic (exact) mass is 288 g/mol. The fourth-order valence-corrected chi connectivity index (χ4v) is 2.57. The summed E-state index contributed by atoms with van der Waals surface area (Å²) in [5.74, 6) is 0.467. The number of hydrogen-bond donors (Lipinski definition) is 1. The molecule has 1 aliphatic rings. The van der Waals surface area contributed by atoms with Gasteiger partial charge in [0.25, 0.3) is 0 Å². The Hall–Kier alpha value is -1.23. The van der Waals surface area contributed by atoms with Gasteiger partial charge in [-0.15, -0.1) is 0 Å². The second kappa shape index (κ2) is 5.64. The fourth-order valence-electron chi connectivity index (χ4n) is 2.57. The Kier molecular flexibility index (Phi) is 4.28. The number of rotatable bonds is 5. The topological polar surface area (TPSA) is 29.5 Å². The van der Waals surface area contributed by atoms with E-state index in [2.05, 4.69) is 0 Å². The van der Waals surface area contributed by atoms with Crippen LogP contribution in [0, 0.1) is 0 Å². The Morgan fingerprint density at radius 2 is 2.10 bits per heavy atom. The van der Waals surface area contributed by atoms with E-state index in [1.165, 1.54) is 6.92 Å². The maximum atomic E-state index is 14.5. The number of hydrogen-bond acceptors (Lipinski definition) is 2. The van der Waals surface area contributed by atoms with Crippen LogP contribution < -0.4 is 4.74 Å². The van der Waals surface area contributed by atoms with Gasteiger partial charge in [-0.25, -0.2) is 8.78 Å². The number of aliphatic hydroxyl groups excluding tert-OH is 1. The van der Waals surface area contributed by atoms with Crippen molar-refractivity contribution in [2.24, 2.45) is 0 Å². The lowest BCUT2D eigenvalue weighted by atomic mass is 9.75. The van der Waals surface area contributed by atoms with Crippen LogP contribution in [-0.4, -0.2) is 36.8 Å². The molecule has 0 fully saturated rings. The van der Waals surface area contributed by atoms with E-state index in [-0.39, 0.29) is 0 Å². The predicted molar refractivity (Wildman–Crippen MR) is 70.4 cm³/mol. The lowest BCUT2D eigenvalue weighted by molar-refractivity contribution is -0.0207. The van der Waals surface area contributed by atoms with Crippen LogP contribution in [0.25, 0.3) is 0 Å². The van der Waals surface area contributed by atoms with Gasteiger partial charge in [0, 0.05) is 12.0 Å². The number of halogens is 3. The second-order valence-electron chi connectivity index (χ2n) is 5.51. The molecule has 0 aromatic heterocycles. The Labute approximate surface area is 116 Å². The molecule has 4 atom stereocenters. The van der Waals surface area contributed by atoms with Gasteiger partial charge in [-0.1, -0.05) is 18.2 Å². The zero-order valence-electron chi connectivity index (χ0n) is 11.6. The summed E-state index contributed by atoms with van der Waals surface area (Å²) in [7, 11) is 0. The lowest BCUT2D eigenvalue weighted by Gasteiger charge is -2.34. The molecule has 112 valence electrons. The van der Waals surface area contributed by atoms with Gasteiger partial charge in [-0.05, 0) is 19.4 Å². The number of aliphatic hydroxyl groups is 1. The molecule has 1 N–H and O–H groups in total. The van der Waals surface area contributed by atoms with Crippen molar-refractivity contribution in [2.75, 3.05) is 13.3 Å². The van der Waals surface area contributed by atoms with Crippen molar-refractivity contribution in [3.05, 3.63) is 29.3 Å². The van der Waals surface area contributed by atoms with Crippen LogP contribution in [0.15, 0.2) is 18.2 Å². The highest BCUT2D eigenvalue weighted by Gasteiger charge is 2.45. The van der Waals surface area contributed by atoms with Crippen molar-refractivity contribution in [3.63, 3.8) is 0 Å². The van der Waals surface area contributed by atoms with E-state index in [9.17, 15) is 18.3 Å². The molecule has 1 aliphatic heterocycles. The first-order valence-corrected chi connectivity index (χ1v) is 6.69. The van der Waals surface area contributed by atoms with E-state index < -0.39 is 30.5 Å². The summed E-state index contributed by atoms with van der Waals surface area (Å²) >= 11 is 0. The van der Waals surface area contributed by atoms with Crippen LogP contribution in [0.4, 0.5) is 13.2 Å². The predicted octanol–water partition coefficient (Wildman–Crippen LogP) is 2.91. The van der Waals surface area contributed by atoms with E-state index >= 15 is 0 Å². The summed E-state index contributed by atoms with van der Waals surface area (Å²) in [6.07, 6.45) is -5.00. The van der Waals surface area contributed by atoms with Crippen LogP contribution in [-0.2, 0) is 11.8 Å². The fraction of sp³-hybridized carbons (Fsp3) is 0.600. The molecule has 0 spiro atoms. The highest BCUT2D eigenvalue weighted by molar-refractivity contribution is 5.48. The first kappa shape index (κ1) is 15.2. The zero-order valence-corrected chi connectivity index (χ0v) is 11.6. The molecule has 2 nitrogen and oxygen atoms in total. The van der Waals surface area contributed by atoms with Gasteiger partial charge in [-0.2, -0.15) is 0 Å². The third kappa shape index (κ3) is 2.39. The average Bonchev–Trinajstić information content (AvgIpc) is 2.92. The Bertz CT molecular complexity index is 478.